The lowest BCUT2D eigenvalue weighted by Gasteiger charge is -2.13. The van der Waals surface area contributed by atoms with Gasteiger partial charge in [0.2, 0.25) is 0 Å². The molecule has 0 fully saturated rings. The average Bonchev–Trinajstić information content (AvgIpc) is 2.59. The Balaban J connectivity index is 2.13. The smallest absolute Gasteiger partial charge is 0.337 e. The molecule has 132 valence electrons. The predicted molar refractivity (Wildman–Crippen MR) is 98.9 cm³/mol. The number of aromatic carboxylic acids is 1. The topological polar surface area (TPSA) is 93.0 Å². The van der Waals surface area contributed by atoms with Gasteiger partial charge in [-0.2, -0.15) is 5.10 Å². The minimum absolute atomic E-state index is 0.117. The van der Waals surface area contributed by atoms with Crippen molar-refractivity contribution in [2.24, 2.45) is 5.10 Å². The Labute approximate surface area is 153 Å². The SMILES string of the molecule is CCOc1cc(/C=N/Nc2ccc(C(=O)O)cn2)cc(Br)c1OCC. The highest BCUT2D eigenvalue weighted by Gasteiger charge is 2.11. The van der Waals surface area contributed by atoms with Crippen molar-refractivity contribution >= 4 is 33.9 Å². The first-order chi connectivity index (χ1) is 12.0. The summed E-state index contributed by atoms with van der Waals surface area (Å²) in [6.45, 7) is 4.86. The van der Waals surface area contributed by atoms with Crippen molar-refractivity contribution in [3.8, 4) is 11.5 Å². The third kappa shape index (κ3) is 5.18. The maximum Gasteiger partial charge on any atom is 0.337 e. The fraction of sp³-hybridized carbons (Fsp3) is 0.235. The van der Waals surface area contributed by atoms with Gasteiger partial charge in [-0.25, -0.2) is 9.78 Å². The van der Waals surface area contributed by atoms with Crippen LogP contribution in [0.5, 0.6) is 11.5 Å². The van der Waals surface area contributed by atoms with Gasteiger partial charge in [-0.1, -0.05) is 0 Å². The number of halogens is 1. The lowest BCUT2D eigenvalue weighted by atomic mass is 10.2. The number of carboxylic acid groups (broad SMARTS) is 1. The molecule has 1 heterocycles. The minimum atomic E-state index is -1.02. The van der Waals surface area contributed by atoms with E-state index in [1.54, 1.807) is 12.3 Å². The van der Waals surface area contributed by atoms with Crippen LogP contribution in [0.25, 0.3) is 0 Å². The average molecular weight is 408 g/mol. The van der Waals surface area contributed by atoms with Crippen LogP contribution in [0.3, 0.4) is 0 Å². The largest absolute Gasteiger partial charge is 0.490 e. The number of ether oxygens (including phenoxy) is 2. The third-order valence-corrected chi connectivity index (χ3v) is 3.61. The van der Waals surface area contributed by atoms with Crippen LogP contribution in [-0.4, -0.2) is 35.5 Å². The monoisotopic (exact) mass is 407 g/mol. The van der Waals surface area contributed by atoms with Crippen molar-refractivity contribution in [3.05, 3.63) is 46.1 Å². The standard InChI is InChI=1S/C17H18BrN3O4/c1-3-24-14-8-11(7-13(18)16(14)25-4-2)9-20-21-15-6-5-12(10-19-15)17(22)23/h5-10H,3-4H2,1-2H3,(H,19,21)(H,22,23)/b20-9+. The zero-order valence-corrected chi connectivity index (χ0v) is 15.4. The fourth-order valence-electron chi connectivity index (χ4n) is 1.97. The van der Waals surface area contributed by atoms with Crippen LogP contribution < -0.4 is 14.9 Å². The van der Waals surface area contributed by atoms with E-state index in [1.807, 2.05) is 26.0 Å². The number of nitrogens with one attached hydrogen (secondary N) is 1. The molecule has 7 nitrogen and oxygen atoms in total. The van der Waals surface area contributed by atoms with E-state index in [4.69, 9.17) is 14.6 Å². The van der Waals surface area contributed by atoms with Gasteiger partial charge in [-0.15, -0.1) is 0 Å². The lowest BCUT2D eigenvalue weighted by Crippen LogP contribution is -2.01. The molecule has 0 unspecified atom stereocenters. The number of anilines is 1. The molecule has 0 atom stereocenters. The summed E-state index contributed by atoms with van der Waals surface area (Å²) < 4.78 is 12.0. The molecule has 2 aromatic rings. The normalized spacial score (nSPS) is 10.7. The van der Waals surface area contributed by atoms with Gasteiger partial charge in [0, 0.05) is 6.20 Å². The molecular formula is C17H18BrN3O4. The summed E-state index contributed by atoms with van der Waals surface area (Å²) >= 11 is 3.47. The van der Waals surface area contributed by atoms with Gasteiger partial charge >= 0.3 is 5.97 Å². The van der Waals surface area contributed by atoms with Crippen LogP contribution in [0.15, 0.2) is 40.0 Å². The van der Waals surface area contributed by atoms with Crippen molar-refractivity contribution in [1.82, 2.24) is 4.98 Å². The molecule has 0 radical (unpaired) electrons. The van der Waals surface area contributed by atoms with Crippen molar-refractivity contribution in [1.29, 1.82) is 0 Å². The summed E-state index contributed by atoms with van der Waals surface area (Å²) in [5.41, 5.74) is 3.66. The summed E-state index contributed by atoms with van der Waals surface area (Å²) in [7, 11) is 0. The maximum atomic E-state index is 10.8. The lowest BCUT2D eigenvalue weighted by molar-refractivity contribution is 0.0696. The first kappa shape index (κ1) is 18.7. The first-order valence-electron chi connectivity index (χ1n) is 7.62. The zero-order valence-electron chi connectivity index (χ0n) is 13.8. The van der Waals surface area contributed by atoms with Gasteiger partial charge in [0.05, 0.1) is 29.5 Å². The Bertz CT molecular complexity index is 763. The van der Waals surface area contributed by atoms with Crippen molar-refractivity contribution in [3.63, 3.8) is 0 Å². The molecule has 0 amide bonds. The van der Waals surface area contributed by atoms with E-state index in [1.165, 1.54) is 12.3 Å². The zero-order chi connectivity index (χ0) is 18.2. The van der Waals surface area contributed by atoms with Gasteiger partial charge < -0.3 is 14.6 Å². The second-order valence-electron chi connectivity index (χ2n) is 4.80. The highest BCUT2D eigenvalue weighted by Crippen LogP contribution is 2.36. The molecule has 1 aromatic heterocycles. The molecule has 2 rings (SSSR count). The molecule has 0 aliphatic carbocycles. The summed E-state index contributed by atoms with van der Waals surface area (Å²) in [6.07, 6.45) is 2.87. The summed E-state index contributed by atoms with van der Waals surface area (Å²) in [4.78, 5) is 14.8. The van der Waals surface area contributed by atoms with E-state index in [2.05, 4.69) is 31.4 Å². The Kier molecular flexibility index (Phi) is 6.76. The van der Waals surface area contributed by atoms with Crippen molar-refractivity contribution in [2.75, 3.05) is 18.6 Å². The van der Waals surface area contributed by atoms with E-state index in [-0.39, 0.29) is 5.56 Å². The molecule has 0 aliphatic heterocycles. The van der Waals surface area contributed by atoms with Gasteiger partial charge in [-0.05, 0) is 59.6 Å². The van der Waals surface area contributed by atoms with E-state index < -0.39 is 5.97 Å². The van der Waals surface area contributed by atoms with Crippen molar-refractivity contribution < 1.29 is 19.4 Å². The van der Waals surface area contributed by atoms with Crippen molar-refractivity contribution in [2.45, 2.75) is 13.8 Å². The number of benzene rings is 1. The number of hydrazone groups is 1. The number of hydrogen-bond acceptors (Lipinski definition) is 6. The molecule has 0 aliphatic rings. The van der Waals surface area contributed by atoms with Gasteiger partial charge in [0.25, 0.3) is 0 Å². The number of rotatable bonds is 8. The number of carbonyl (C=O) groups is 1. The Hall–Kier alpha value is -2.61. The maximum absolute atomic E-state index is 10.8. The van der Waals surface area contributed by atoms with Crippen LogP contribution in [0.2, 0.25) is 0 Å². The Morgan fingerprint density at radius 3 is 2.68 bits per heavy atom. The molecule has 0 spiro atoms. The molecule has 0 saturated heterocycles. The third-order valence-electron chi connectivity index (χ3n) is 3.02. The number of carboxylic acids is 1. The molecular weight excluding hydrogens is 390 g/mol. The Morgan fingerprint density at radius 2 is 2.08 bits per heavy atom. The molecule has 2 N–H and O–H groups in total. The highest BCUT2D eigenvalue weighted by molar-refractivity contribution is 9.10. The molecule has 25 heavy (non-hydrogen) atoms. The number of aromatic nitrogens is 1. The highest BCUT2D eigenvalue weighted by atomic mass is 79.9. The second kappa shape index (κ2) is 9.03. The quantitative estimate of drug-likeness (QED) is 0.510. The molecule has 1 aromatic carbocycles. The number of nitrogens with zero attached hydrogens (tertiary/aromatic N) is 2. The van der Waals surface area contributed by atoms with E-state index in [0.717, 1.165) is 10.0 Å². The van der Waals surface area contributed by atoms with Crippen LogP contribution in [0.4, 0.5) is 5.82 Å². The van der Waals surface area contributed by atoms with Crippen LogP contribution in [0, 0.1) is 0 Å². The summed E-state index contributed by atoms with van der Waals surface area (Å²) in [5.74, 6) is 0.700. The van der Waals surface area contributed by atoms with Crippen LogP contribution >= 0.6 is 15.9 Å². The van der Waals surface area contributed by atoms with E-state index in [9.17, 15) is 4.79 Å². The second-order valence-corrected chi connectivity index (χ2v) is 5.66. The van der Waals surface area contributed by atoms with Crippen LogP contribution in [0.1, 0.15) is 29.8 Å². The number of hydrogen-bond donors (Lipinski definition) is 2. The predicted octanol–water partition coefficient (Wildman–Crippen LogP) is 3.79. The summed E-state index contributed by atoms with van der Waals surface area (Å²) in [5, 5.41) is 12.9. The van der Waals surface area contributed by atoms with E-state index >= 15 is 0 Å². The van der Waals surface area contributed by atoms with Gasteiger partial charge in [0.1, 0.15) is 5.82 Å². The van der Waals surface area contributed by atoms with Gasteiger partial charge in [-0.3, -0.25) is 5.43 Å². The first-order valence-corrected chi connectivity index (χ1v) is 8.42. The van der Waals surface area contributed by atoms with Crippen LogP contribution in [-0.2, 0) is 0 Å². The van der Waals surface area contributed by atoms with Gasteiger partial charge in [0.15, 0.2) is 11.5 Å². The molecule has 0 bridgehead atoms. The number of pyridine rings is 1. The van der Waals surface area contributed by atoms with E-state index in [0.29, 0.717) is 30.5 Å². The molecule has 0 saturated carbocycles. The fourth-order valence-corrected chi connectivity index (χ4v) is 2.54. The minimum Gasteiger partial charge on any atom is -0.490 e. The molecule has 8 heteroatoms. The summed E-state index contributed by atoms with van der Waals surface area (Å²) in [6, 6.07) is 6.68. The Morgan fingerprint density at radius 1 is 1.32 bits per heavy atom.